The van der Waals surface area contributed by atoms with Crippen molar-refractivity contribution in [3.63, 3.8) is 0 Å². The maximum atomic E-state index is 12.0. The zero-order valence-electron chi connectivity index (χ0n) is 14.3. The highest BCUT2D eigenvalue weighted by molar-refractivity contribution is 7.80. The molecule has 26 heavy (non-hydrogen) atoms. The molecular weight excluding hydrogens is 352 g/mol. The Balaban J connectivity index is 1.95. The van der Waals surface area contributed by atoms with E-state index in [1.807, 2.05) is 13.0 Å². The van der Waals surface area contributed by atoms with E-state index in [1.54, 1.807) is 30.3 Å². The third-order valence-electron chi connectivity index (χ3n) is 3.47. The fourth-order valence-corrected chi connectivity index (χ4v) is 2.31. The van der Waals surface area contributed by atoms with E-state index in [-0.39, 0.29) is 22.3 Å². The van der Waals surface area contributed by atoms with Gasteiger partial charge in [-0.1, -0.05) is 31.5 Å². The minimum absolute atomic E-state index is 0.0749. The summed E-state index contributed by atoms with van der Waals surface area (Å²) < 4.78 is 5.07. The molecule has 0 atom stereocenters. The number of amides is 1. The van der Waals surface area contributed by atoms with E-state index < -0.39 is 5.97 Å². The summed E-state index contributed by atoms with van der Waals surface area (Å²) in [6, 6.07) is 13.0. The van der Waals surface area contributed by atoms with Crippen LogP contribution in [-0.4, -0.2) is 28.7 Å². The van der Waals surface area contributed by atoms with Gasteiger partial charge in [-0.3, -0.25) is 10.1 Å². The molecule has 0 spiro atoms. The first kappa shape index (κ1) is 19.4. The van der Waals surface area contributed by atoms with Crippen LogP contribution in [-0.2, 0) is 4.74 Å². The number of carbonyl (C=O) groups excluding carboxylic acids is 2. The predicted molar refractivity (Wildman–Crippen MR) is 103 cm³/mol. The molecule has 0 radical (unpaired) electrons. The lowest BCUT2D eigenvalue weighted by Crippen LogP contribution is -2.34. The summed E-state index contributed by atoms with van der Waals surface area (Å²) in [6.45, 7) is 2.30. The second-order valence-corrected chi connectivity index (χ2v) is 5.90. The van der Waals surface area contributed by atoms with Gasteiger partial charge in [-0.2, -0.15) is 0 Å². The molecule has 136 valence electrons. The second-order valence-electron chi connectivity index (χ2n) is 5.50. The number of rotatable bonds is 6. The number of phenolic OH excluding ortho intramolecular Hbond substituents is 1. The molecule has 0 saturated carbocycles. The summed E-state index contributed by atoms with van der Waals surface area (Å²) >= 11 is 5.09. The zero-order valence-corrected chi connectivity index (χ0v) is 15.1. The third kappa shape index (κ3) is 5.56. The van der Waals surface area contributed by atoms with Gasteiger partial charge in [0.2, 0.25) is 0 Å². The van der Waals surface area contributed by atoms with Gasteiger partial charge in [0.1, 0.15) is 11.3 Å². The Hall–Kier alpha value is -2.93. The van der Waals surface area contributed by atoms with E-state index >= 15 is 0 Å². The van der Waals surface area contributed by atoms with Crippen LogP contribution in [0.2, 0.25) is 0 Å². The number of anilines is 1. The number of hydrogen-bond acceptors (Lipinski definition) is 5. The SMILES string of the molecule is CCCCOC(=O)c1ccc(NC(=S)NC(=O)c2ccccc2)cc1O. The van der Waals surface area contributed by atoms with Crippen molar-refractivity contribution in [2.75, 3.05) is 11.9 Å². The Kier molecular flexibility index (Phi) is 7.11. The molecule has 1 amide bonds. The lowest BCUT2D eigenvalue weighted by atomic mass is 10.2. The maximum Gasteiger partial charge on any atom is 0.341 e. The summed E-state index contributed by atoms with van der Waals surface area (Å²) in [6.07, 6.45) is 1.68. The Bertz CT molecular complexity index is 793. The molecule has 3 N–H and O–H groups in total. The van der Waals surface area contributed by atoms with Crippen molar-refractivity contribution in [2.24, 2.45) is 0 Å². The van der Waals surface area contributed by atoms with Gasteiger partial charge in [-0.25, -0.2) is 4.79 Å². The Morgan fingerprint density at radius 3 is 2.54 bits per heavy atom. The Morgan fingerprint density at radius 2 is 1.88 bits per heavy atom. The van der Waals surface area contributed by atoms with Crippen LogP contribution in [0.15, 0.2) is 48.5 Å². The van der Waals surface area contributed by atoms with Crippen LogP contribution in [0.5, 0.6) is 5.75 Å². The molecule has 0 bridgehead atoms. The summed E-state index contributed by atoms with van der Waals surface area (Å²) in [5, 5.41) is 15.4. The van der Waals surface area contributed by atoms with Gasteiger partial charge in [0, 0.05) is 17.3 Å². The number of carbonyl (C=O) groups is 2. The van der Waals surface area contributed by atoms with Gasteiger partial charge in [0.15, 0.2) is 5.11 Å². The molecule has 6 nitrogen and oxygen atoms in total. The Morgan fingerprint density at radius 1 is 1.15 bits per heavy atom. The van der Waals surface area contributed by atoms with Crippen molar-refractivity contribution in [3.8, 4) is 5.75 Å². The molecule has 0 aliphatic heterocycles. The minimum atomic E-state index is -0.581. The molecule has 0 aromatic heterocycles. The summed E-state index contributed by atoms with van der Waals surface area (Å²) in [5.74, 6) is -1.15. The zero-order chi connectivity index (χ0) is 18.9. The lowest BCUT2D eigenvalue weighted by Gasteiger charge is -2.11. The van der Waals surface area contributed by atoms with E-state index in [9.17, 15) is 14.7 Å². The predicted octanol–water partition coefficient (Wildman–Crippen LogP) is 3.48. The van der Waals surface area contributed by atoms with Crippen LogP contribution in [0.1, 0.15) is 40.5 Å². The van der Waals surface area contributed by atoms with Gasteiger partial charge in [0.25, 0.3) is 5.91 Å². The van der Waals surface area contributed by atoms with E-state index in [0.717, 1.165) is 12.8 Å². The van der Waals surface area contributed by atoms with E-state index in [0.29, 0.717) is 17.9 Å². The van der Waals surface area contributed by atoms with Crippen molar-refractivity contribution in [2.45, 2.75) is 19.8 Å². The largest absolute Gasteiger partial charge is 0.507 e. The average Bonchev–Trinajstić information content (AvgIpc) is 2.62. The highest BCUT2D eigenvalue weighted by atomic mass is 32.1. The van der Waals surface area contributed by atoms with Crippen LogP contribution in [0.3, 0.4) is 0 Å². The highest BCUT2D eigenvalue weighted by Crippen LogP contribution is 2.23. The van der Waals surface area contributed by atoms with Crippen LogP contribution >= 0.6 is 12.2 Å². The molecule has 2 rings (SSSR count). The third-order valence-corrected chi connectivity index (χ3v) is 3.67. The first-order chi connectivity index (χ1) is 12.5. The Labute approximate surface area is 157 Å². The smallest absolute Gasteiger partial charge is 0.341 e. The number of benzene rings is 2. The van der Waals surface area contributed by atoms with Gasteiger partial charge < -0.3 is 15.2 Å². The number of unbranched alkanes of at least 4 members (excludes halogenated alkanes) is 1. The number of hydrogen-bond donors (Lipinski definition) is 3. The number of phenols is 1. The fraction of sp³-hybridized carbons (Fsp3) is 0.211. The van der Waals surface area contributed by atoms with Crippen molar-refractivity contribution in [3.05, 3.63) is 59.7 Å². The van der Waals surface area contributed by atoms with Crippen LogP contribution in [0.4, 0.5) is 5.69 Å². The molecule has 0 unspecified atom stereocenters. The number of esters is 1. The van der Waals surface area contributed by atoms with Gasteiger partial charge >= 0.3 is 5.97 Å². The normalized spacial score (nSPS) is 10.0. The van der Waals surface area contributed by atoms with E-state index in [2.05, 4.69) is 10.6 Å². The molecule has 2 aromatic rings. The average molecular weight is 372 g/mol. The molecule has 7 heteroatoms. The molecule has 0 fully saturated rings. The minimum Gasteiger partial charge on any atom is -0.507 e. The molecule has 0 heterocycles. The topological polar surface area (TPSA) is 87.7 Å². The molecule has 0 aliphatic rings. The first-order valence-electron chi connectivity index (χ1n) is 8.18. The molecule has 0 saturated heterocycles. The number of nitrogens with one attached hydrogen (secondary N) is 2. The standard InChI is InChI=1S/C19H20N2O4S/c1-2-3-11-25-18(24)15-10-9-14(12-16(15)22)20-19(26)21-17(23)13-7-5-4-6-8-13/h4-10,12,22H,2-3,11H2,1H3,(H2,20,21,23,26). The molecule has 0 aliphatic carbocycles. The number of ether oxygens (including phenoxy) is 1. The maximum absolute atomic E-state index is 12.0. The molecule has 2 aromatic carbocycles. The quantitative estimate of drug-likeness (QED) is 0.409. The lowest BCUT2D eigenvalue weighted by molar-refractivity contribution is 0.0496. The van der Waals surface area contributed by atoms with E-state index in [1.165, 1.54) is 12.1 Å². The van der Waals surface area contributed by atoms with Crippen molar-refractivity contribution in [1.82, 2.24) is 5.32 Å². The van der Waals surface area contributed by atoms with Crippen LogP contribution in [0.25, 0.3) is 0 Å². The van der Waals surface area contributed by atoms with Gasteiger partial charge in [-0.05, 0) is 42.9 Å². The molecular formula is C19H20N2O4S. The van der Waals surface area contributed by atoms with E-state index in [4.69, 9.17) is 17.0 Å². The number of thiocarbonyl (C=S) groups is 1. The first-order valence-corrected chi connectivity index (χ1v) is 8.59. The summed E-state index contributed by atoms with van der Waals surface area (Å²) in [5.41, 5.74) is 0.988. The summed E-state index contributed by atoms with van der Waals surface area (Å²) in [7, 11) is 0. The van der Waals surface area contributed by atoms with Crippen molar-refractivity contribution in [1.29, 1.82) is 0 Å². The van der Waals surface area contributed by atoms with Gasteiger partial charge in [0.05, 0.1) is 6.61 Å². The highest BCUT2D eigenvalue weighted by Gasteiger charge is 2.14. The summed E-state index contributed by atoms with van der Waals surface area (Å²) in [4.78, 5) is 23.9. The second kappa shape index (κ2) is 9.53. The van der Waals surface area contributed by atoms with Crippen LogP contribution in [0, 0.1) is 0 Å². The number of aromatic hydroxyl groups is 1. The van der Waals surface area contributed by atoms with Crippen LogP contribution < -0.4 is 10.6 Å². The van der Waals surface area contributed by atoms with Gasteiger partial charge in [-0.15, -0.1) is 0 Å². The fourth-order valence-electron chi connectivity index (χ4n) is 2.10. The van der Waals surface area contributed by atoms with Crippen molar-refractivity contribution < 1.29 is 19.4 Å². The van der Waals surface area contributed by atoms with Crippen molar-refractivity contribution >= 4 is 34.9 Å². The monoisotopic (exact) mass is 372 g/mol.